The number of carbonyl (C=O) groups is 1. The zero-order valence-electron chi connectivity index (χ0n) is 11.6. The van der Waals surface area contributed by atoms with Gasteiger partial charge in [-0.25, -0.2) is 4.79 Å². The van der Waals surface area contributed by atoms with Gasteiger partial charge in [0.2, 0.25) is 6.79 Å². The summed E-state index contributed by atoms with van der Waals surface area (Å²) in [5.41, 5.74) is 1.23. The molecule has 0 atom stereocenters. The molecule has 0 spiro atoms. The third-order valence-electron chi connectivity index (χ3n) is 3.79. The number of fused-ring (bicyclic) bond motifs is 1. The van der Waals surface area contributed by atoms with Crippen molar-refractivity contribution in [2.45, 2.75) is 6.54 Å². The monoisotopic (exact) mass is 279 g/mol. The summed E-state index contributed by atoms with van der Waals surface area (Å²) < 4.78 is 15.4. The lowest BCUT2D eigenvalue weighted by Gasteiger charge is -2.31. The molecule has 2 aliphatic rings. The smallest absolute Gasteiger partial charge is 0.409 e. The second-order valence-corrected chi connectivity index (χ2v) is 5.07. The van der Waals surface area contributed by atoms with E-state index in [2.05, 4.69) is 6.07 Å². The van der Waals surface area contributed by atoms with Gasteiger partial charge in [0.1, 0.15) is 6.54 Å². The standard InChI is InChI=1S/C14H18N2O4/c1-18-14(17)16-6-4-15(5-7-16)9-11-2-3-12-13(8-11)20-10-19-12/h2-3,8H,4-7,9-10H2,1H3/p+1. The van der Waals surface area contributed by atoms with Gasteiger partial charge in [-0.15, -0.1) is 0 Å². The van der Waals surface area contributed by atoms with E-state index in [1.165, 1.54) is 17.6 Å². The van der Waals surface area contributed by atoms with Crippen LogP contribution in [0, 0.1) is 0 Å². The van der Waals surface area contributed by atoms with Crippen molar-refractivity contribution in [1.29, 1.82) is 0 Å². The number of hydrogen-bond acceptors (Lipinski definition) is 4. The highest BCUT2D eigenvalue weighted by Crippen LogP contribution is 2.32. The van der Waals surface area contributed by atoms with E-state index >= 15 is 0 Å². The largest absolute Gasteiger partial charge is 0.454 e. The maximum absolute atomic E-state index is 11.4. The van der Waals surface area contributed by atoms with Crippen molar-refractivity contribution >= 4 is 6.09 Å². The Morgan fingerprint density at radius 2 is 2.05 bits per heavy atom. The minimum atomic E-state index is -0.230. The molecule has 0 saturated carbocycles. The lowest BCUT2D eigenvalue weighted by molar-refractivity contribution is -0.917. The van der Waals surface area contributed by atoms with Crippen LogP contribution in [-0.2, 0) is 11.3 Å². The lowest BCUT2D eigenvalue weighted by atomic mass is 10.1. The van der Waals surface area contributed by atoms with Crippen LogP contribution >= 0.6 is 0 Å². The van der Waals surface area contributed by atoms with E-state index in [0.717, 1.165) is 44.2 Å². The minimum Gasteiger partial charge on any atom is -0.454 e. The number of piperazine rings is 1. The van der Waals surface area contributed by atoms with Crippen LogP contribution in [0.25, 0.3) is 0 Å². The zero-order chi connectivity index (χ0) is 13.9. The molecule has 2 aliphatic heterocycles. The molecule has 1 amide bonds. The molecule has 1 aromatic rings. The van der Waals surface area contributed by atoms with Gasteiger partial charge in [-0.05, 0) is 18.2 Å². The summed E-state index contributed by atoms with van der Waals surface area (Å²) in [4.78, 5) is 14.6. The molecule has 2 heterocycles. The molecule has 0 unspecified atom stereocenters. The molecule has 6 nitrogen and oxygen atoms in total. The van der Waals surface area contributed by atoms with Crippen LogP contribution in [0.2, 0.25) is 0 Å². The Hall–Kier alpha value is -1.95. The summed E-state index contributed by atoms with van der Waals surface area (Å²) in [6.45, 7) is 4.60. The molecule has 0 aromatic heterocycles. The van der Waals surface area contributed by atoms with Crippen LogP contribution in [0.1, 0.15) is 5.56 Å². The summed E-state index contributed by atoms with van der Waals surface area (Å²) in [7, 11) is 1.42. The SMILES string of the molecule is COC(=O)N1CC[NH+](Cc2ccc3c(c2)OCO3)CC1. The zero-order valence-corrected chi connectivity index (χ0v) is 11.6. The van der Waals surface area contributed by atoms with E-state index in [-0.39, 0.29) is 6.09 Å². The van der Waals surface area contributed by atoms with Gasteiger partial charge in [0.15, 0.2) is 11.5 Å². The van der Waals surface area contributed by atoms with Crippen molar-refractivity contribution in [3.63, 3.8) is 0 Å². The maximum atomic E-state index is 11.4. The summed E-state index contributed by atoms with van der Waals surface area (Å²) in [5, 5.41) is 0. The summed E-state index contributed by atoms with van der Waals surface area (Å²) >= 11 is 0. The fourth-order valence-electron chi connectivity index (χ4n) is 2.65. The number of nitrogens with one attached hydrogen (secondary N) is 1. The topological polar surface area (TPSA) is 52.4 Å². The van der Waals surface area contributed by atoms with E-state index in [1.807, 2.05) is 12.1 Å². The van der Waals surface area contributed by atoms with Crippen molar-refractivity contribution in [2.75, 3.05) is 40.1 Å². The summed E-state index contributed by atoms with van der Waals surface area (Å²) in [5.74, 6) is 1.65. The fraction of sp³-hybridized carbons (Fsp3) is 0.500. The second-order valence-electron chi connectivity index (χ2n) is 5.07. The van der Waals surface area contributed by atoms with Crippen molar-refractivity contribution in [3.8, 4) is 11.5 Å². The molecule has 1 N–H and O–H groups in total. The number of amides is 1. The number of methoxy groups -OCH3 is 1. The highest BCUT2D eigenvalue weighted by Gasteiger charge is 2.24. The Labute approximate surface area is 117 Å². The molecule has 3 rings (SSSR count). The van der Waals surface area contributed by atoms with Crippen LogP contribution in [0.3, 0.4) is 0 Å². The Bertz CT molecular complexity index is 498. The van der Waals surface area contributed by atoms with Crippen molar-refractivity contribution in [1.82, 2.24) is 4.90 Å². The molecule has 1 aromatic carbocycles. The predicted molar refractivity (Wildman–Crippen MR) is 70.9 cm³/mol. The minimum absolute atomic E-state index is 0.230. The molecule has 0 radical (unpaired) electrons. The van der Waals surface area contributed by atoms with E-state index in [9.17, 15) is 4.79 Å². The molecular weight excluding hydrogens is 260 g/mol. The average molecular weight is 279 g/mol. The summed E-state index contributed by atoms with van der Waals surface area (Å²) in [6.07, 6.45) is -0.230. The van der Waals surface area contributed by atoms with Crippen LogP contribution in [0.15, 0.2) is 18.2 Å². The van der Waals surface area contributed by atoms with E-state index < -0.39 is 0 Å². The molecule has 0 bridgehead atoms. The molecule has 1 fully saturated rings. The predicted octanol–water partition coefficient (Wildman–Crippen LogP) is -0.118. The first-order chi connectivity index (χ1) is 9.76. The number of benzene rings is 1. The Balaban J connectivity index is 1.56. The molecule has 1 saturated heterocycles. The first-order valence-corrected chi connectivity index (χ1v) is 6.81. The van der Waals surface area contributed by atoms with Gasteiger partial charge in [-0.3, -0.25) is 4.90 Å². The van der Waals surface area contributed by atoms with E-state index in [1.54, 1.807) is 4.90 Å². The Kier molecular flexibility index (Phi) is 3.64. The van der Waals surface area contributed by atoms with Crippen LogP contribution in [0.4, 0.5) is 4.79 Å². The third kappa shape index (κ3) is 2.65. The maximum Gasteiger partial charge on any atom is 0.409 e. The van der Waals surface area contributed by atoms with Gasteiger partial charge < -0.3 is 19.1 Å². The van der Waals surface area contributed by atoms with Gasteiger partial charge >= 0.3 is 6.09 Å². The van der Waals surface area contributed by atoms with Crippen molar-refractivity contribution in [3.05, 3.63) is 23.8 Å². The van der Waals surface area contributed by atoms with E-state index in [4.69, 9.17) is 14.2 Å². The highest BCUT2D eigenvalue weighted by molar-refractivity contribution is 5.67. The lowest BCUT2D eigenvalue weighted by Crippen LogP contribution is -3.13. The number of hydrogen-bond donors (Lipinski definition) is 1. The summed E-state index contributed by atoms with van der Waals surface area (Å²) in [6, 6.07) is 6.08. The van der Waals surface area contributed by atoms with Crippen LogP contribution < -0.4 is 14.4 Å². The number of rotatable bonds is 2. The number of quaternary nitrogens is 1. The highest BCUT2D eigenvalue weighted by atomic mass is 16.7. The average Bonchev–Trinajstić information content (AvgIpc) is 2.95. The van der Waals surface area contributed by atoms with Gasteiger partial charge in [-0.2, -0.15) is 0 Å². The fourth-order valence-corrected chi connectivity index (χ4v) is 2.65. The molecule has 108 valence electrons. The van der Waals surface area contributed by atoms with Crippen LogP contribution in [-0.4, -0.2) is 51.1 Å². The Morgan fingerprint density at radius 3 is 2.80 bits per heavy atom. The Morgan fingerprint density at radius 1 is 1.30 bits per heavy atom. The van der Waals surface area contributed by atoms with Crippen molar-refractivity contribution in [2.24, 2.45) is 0 Å². The number of ether oxygens (including phenoxy) is 3. The molecular formula is C14H19N2O4+. The van der Waals surface area contributed by atoms with E-state index in [0.29, 0.717) is 6.79 Å². The normalized spacial score (nSPS) is 18.1. The molecule has 6 heteroatoms. The first kappa shape index (κ1) is 13.1. The molecule has 20 heavy (non-hydrogen) atoms. The van der Waals surface area contributed by atoms with Crippen molar-refractivity contribution < 1.29 is 23.9 Å². The molecule has 0 aliphatic carbocycles. The van der Waals surface area contributed by atoms with Gasteiger partial charge in [0, 0.05) is 5.56 Å². The first-order valence-electron chi connectivity index (χ1n) is 6.81. The number of nitrogens with zero attached hydrogens (tertiary/aromatic N) is 1. The number of carbonyl (C=O) groups excluding carboxylic acids is 1. The van der Waals surface area contributed by atoms with Gasteiger partial charge in [0.25, 0.3) is 0 Å². The van der Waals surface area contributed by atoms with Gasteiger partial charge in [-0.1, -0.05) is 0 Å². The van der Waals surface area contributed by atoms with Gasteiger partial charge in [0.05, 0.1) is 33.3 Å². The third-order valence-corrected chi connectivity index (χ3v) is 3.79. The second kappa shape index (κ2) is 5.58. The van der Waals surface area contributed by atoms with Crippen LogP contribution in [0.5, 0.6) is 11.5 Å². The quantitative estimate of drug-likeness (QED) is 0.820.